The number of rotatable bonds is 5. The van der Waals surface area contributed by atoms with Crippen molar-refractivity contribution in [2.75, 3.05) is 5.32 Å². The van der Waals surface area contributed by atoms with Crippen LogP contribution in [0.2, 0.25) is 0 Å². The van der Waals surface area contributed by atoms with Crippen LogP contribution in [-0.2, 0) is 6.54 Å². The van der Waals surface area contributed by atoms with Gasteiger partial charge in [0.15, 0.2) is 5.82 Å². The van der Waals surface area contributed by atoms with Crippen LogP contribution < -0.4 is 5.32 Å². The first-order valence-electron chi connectivity index (χ1n) is 7.96. The molecule has 9 nitrogen and oxygen atoms in total. The molecule has 140 valence electrons. The Morgan fingerprint density at radius 2 is 1.82 bits per heavy atom. The summed E-state index contributed by atoms with van der Waals surface area (Å²) in [5.74, 6) is 0.134. The Morgan fingerprint density at radius 1 is 1.07 bits per heavy atom. The summed E-state index contributed by atoms with van der Waals surface area (Å²) in [4.78, 5) is 8.49. The molecule has 0 radical (unpaired) electrons. The van der Waals surface area contributed by atoms with Gasteiger partial charge >= 0.3 is 0 Å². The average molecular weight is 444 g/mol. The van der Waals surface area contributed by atoms with E-state index >= 15 is 0 Å². The van der Waals surface area contributed by atoms with Crippen molar-refractivity contribution < 1.29 is 14.1 Å². The van der Waals surface area contributed by atoms with Crippen molar-refractivity contribution in [3.05, 3.63) is 58.3 Å². The maximum Gasteiger partial charge on any atom is 0.245 e. The van der Waals surface area contributed by atoms with Crippen LogP contribution in [0.4, 0.5) is 21.7 Å². The second-order valence-corrected chi connectivity index (χ2v) is 6.53. The highest BCUT2D eigenvalue weighted by Gasteiger charge is 2.13. The van der Waals surface area contributed by atoms with Crippen LogP contribution in [0.5, 0.6) is 5.75 Å². The zero-order valence-electron chi connectivity index (χ0n) is 14.0. The molecule has 28 heavy (non-hydrogen) atoms. The Labute approximate surface area is 165 Å². The van der Waals surface area contributed by atoms with E-state index in [0.29, 0.717) is 11.3 Å². The molecule has 11 heteroatoms. The van der Waals surface area contributed by atoms with Crippen molar-refractivity contribution in [3.8, 4) is 5.75 Å². The number of aromatic nitrogens is 4. The lowest BCUT2D eigenvalue weighted by molar-refractivity contribution is 0.314. The van der Waals surface area contributed by atoms with E-state index in [1.807, 2.05) is 0 Å². The summed E-state index contributed by atoms with van der Waals surface area (Å²) < 4.78 is 18.6. The smallest absolute Gasteiger partial charge is 0.245 e. The molecular weight excluding hydrogens is 433 g/mol. The SMILES string of the molecule is Oc1ccc(Br)cc1CN=Nc1nc2nonc2nc1Nc1ccc(F)cc1. The third kappa shape index (κ3) is 3.93. The number of aromatic hydroxyl groups is 1. The van der Waals surface area contributed by atoms with E-state index in [0.717, 1.165) is 4.47 Å². The fourth-order valence-electron chi connectivity index (χ4n) is 2.31. The fourth-order valence-corrected chi connectivity index (χ4v) is 2.72. The summed E-state index contributed by atoms with van der Waals surface area (Å²) in [6, 6.07) is 10.7. The molecule has 0 saturated carbocycles. The second-order valence-electron chi connectivity index (χ2n) is 5.61. The Kier molecular flexibility index (Phi) is 4.89. The Bertz CT molecular complexity index is 1160. The number of phenolic OH excluding ortho intramolecular Hbond substituents is 1. The summed E-state index contributed by atoms with van der Waals surface area (Å²) in [6.45, 7) is 0.123. The monoisotopic (exact) mass is 443 g/mol. The van der Waals surface area contributed by atoms with Gasteiger partial charge < -0.3 is 10.4 Å². The molecule has 2 heterocycles. The summed E-state index contributed by atoms with van der Waals surface area (Å²) in [7, 11) is 0. The maximum absolute atomic E-state index is 13.1. The molecule has 0 aliphatic carbocycles. The van der Waals surface area contributed by atoms with Crippen molar-refractivity contribution in [1.82, 2.24) is 20.3 Å². The standard InChI is InChI=1S/C17H11BrFN7O2/c18-10-1-6-13(27)9(7-10)8-20-24-15-14(21-12-4-2-11(19)3-5-12)22-16-17(23-15)26-28-25-16/h1-7,27H,8H2,(H,21,22,25). The molecule has 2 aromatic heterocycles. The van der Waals surface area contributed by atoms with Gasteiger partial charge in [0.25, 0.3) is 0 Å². The van der Waals surface area contributed by atoms with Crippen molar-refractivity contribution in [1.29, 1.82) is 0 Å². The van der Waals surface area contributed by atoms with Crippen LogP contribution in [-0.4, -0.2) is 25.4 Å². The summed E-state index contributed by atoms with van der Waals surface area (Å²) >= 11 is 3.34. The highest BCUT2D eigenvalue weighted by Crippen LogP contribution is 2.27. The zero-order valence-corrected chi connectivity index (χ0v) is 15.6. The number of halogens is 2. The van der Waals surface area contributed by atoms with Crippen LogP contribution in [0.25, 0.3) is 11.3 Å². The number of hydrogen-bond donors (Lipinski definition) is 2. The van der Waals surface area contributed by atoms with Crippen molar-refractivity contribution in [2.45, 2.75) is 6.54 Å². The van der Waals surface area contributed by atoms with Gasteiger partial charge in [-0.1, -0.05) is 15.9 Å². The number of phenols is 1. The van der Waals surface area contributed by atoms with Crippen LogP contribution in [0.15, 0.2) is 61.8 Å². The molecule has 0 unspecified atom stereocenters. The molecule has 0 saturated heterocycles. The van der Waals surface area contributed by atoms with E-state index in [4.69, 9.17) is 0 Å². The molecule has 2 aromatic carbocycles. The van der Waals surface area contributed by atoms with E-state index in [1.54, 1.807) is 30.3 Å². The first-order chi connectivity index (χ1) is 13.6. The van der Waals surface area contributed by atoms with Crippen LogP contribution >= 0.6 is 15.9 Å². The van der Waals surface area contributed by atoms with Crippen LogP contribution in [0.3, 0.4) is 0 Å². The highest BCUT2D eigenvalue weighted by atomic mass is 79.9. The average Bonchev–Trinajstić information content (AvgIpc) is 3.13. The first kappa shape index (κ1) is 17.9. The third-order valence-corrected chi connectivity index (χ3v) is 4.14. The van der Waals surface area contributed by atoms with Gasteiger partial charge in [-0.2, -0.15) is 10.1 Å². The normalized spacial score (nSPS) is 11.4. The summed E-state index contributed by atoms with van der Waals surface area (Å²) in [5, 5.41) is 28.4. The Balaban J connectivity index is 1.64. The van der Waals surface area contributed by atoms with Crippen molar-refractivity contribution in [2.24, 2.45) is 10.2 Å². The minimum absolute atomic E-state index is 0.106. The molecule has 0 fully saturated rings. The minimum atomic E-state index is -0.360. The first-order valence-corrected chi connectivity index (χ1v) is 8.75. The lowest BCUT2D eigenvalue weighted by Gasteiger charge is -2.06. The molecule has 0 amide bonds. The van der Waals surface area contributed by atoms with E-state index in [1.165, 1.54) is 12.1 Å². The van der Waals surface area contributed by atoms with Crippen LogP contribution in [0.1, 0.15) is 5.56 Å². The molecule has 2 N–H and O–H groups in total. The largest absolute Gasteiger partial charge is 0.508 e. The number of anilines is 2. The van der Waals surface area contributed by atoms with Crippen LogP contribution in [0, 0.1) is 5.82 Å². The maximum atomic E-state index is 13.1. The number of nitrogens with zero attached hydrogens (tertiary/aromatic N) is 6. The van der Waals surface area contributed by atoms with Gasteiger partial charge in [0, 0.05) is 15.7 Å². The van der Waals surface area contributed by atoms with Crippen molar-refractivity contribution >= 4 is 44.5 Å². The number of benzene rings is 2. The van der Waals surface area contributed by atoms with E-state index in [2.05, 4.69) is 56.4 Å². The summed E-state index contributed by atoms with van der Waals surface area (Å²) in [5.41, 5.74) is 1.52. The number of fused-ring (bicyclic) bond motifs is 1. The minimum Gasteiger partial charge on any atom is -0.508 e. The number of azo groups is 1. The Morgan fingerprint density at radius 3 is 2.61 bits per heavy atom. The number of nitrogens with one attached hydrogen (secondary N) is 1. The lowest BCUT2D eigenvalue weighted by atomic mass is 10.2. The molecule has 0 bridgehead atoms. The van der Waals surface area contributed by atoms with Gasteiger partial charge in [0.1, 0.15) is 11.6 Å². The predicted molar refractivity (Wildman–Crippen MR) is 101 cm³/mol. The fraction of sp³-hybridized carbons (Fsp3) is 0.0588. The zero-order chi connectivity index (χ0) is 19.5. The van der Waals surface area contributed by atoms with Gasteiger partial charge in [-0.05, 0) is 52.8 Å². The van der Waals surface area contributed by atoms with E-state index < -0.39 is 0 Å². The highest BCUT2D eigenvalue weighted by molar-refractivity contribution is 9.10. The quantitative estimate of drug-likeness (QED) is 0.430. The molecule has 0 atom stereocenters. The second kappa shape index (κ2) is 7.64. The predicted octanol–water partition coefficient (Wildman–Crippen LogP) is 4.65. The van der Waals surface area contributed by atoms with E-state index in [9.17, 15) is 9.50 Å². The number of hydrogen-bond acceptors (Lipinski definition) is 9. The topological polar surface area (TPSA) is 122 Å². The van der Waals surface area contributed by atoms with Gasteiger partial charge in [-0.3, -0.25) is 0 Å². The summed E-state index contributed by atoms with van der Waals surface area (Å²) in [6.07, 6.45) is 0. The lowest BCUT2D eigenvalue weighted by Crippen LogP contribution is -1.97. The third-order valence-electron chi connectivity index (χ3n) is 3.65. The molecule has 0 aliphatic rings. The molecular formula is C17H11BrFN7O2. The van der Waals surface area contributed by atoms with Gasteiger partial charge in [0.05, 0.1) is 6.54 Å². The van der Waals surface area contributed by atoms with Gasteiger partial charge in [0.2, 0.25) is 17.1 Å². The Hall–Kier alpha value is -3.47. The van der Waals surface area contributed by atoms with Gasteiger partial charge in [-0.25, -0.2) is 14.0 Å². The molecule has 0 aliphatic heterocycles. The molecule has 0 spiro atoms. The van der Waals surface area contributed by atoms with Gasteiger partial charge in [-0.15, -0.1) is 5.11 Å². The molecule has 4 aromatic rings. The van der Waals surface area contributed by atoms with Crippen molar-refractivity contribution in [3.63, 3.8) is 0 Å². The van der Waals surface area contributed by atoms with E-state index in [-0.39, 0.29) is 41.0 Å². The molecule has 4 rings (SSSR count).